The maximum atomic E-state index is 13.3. The third kappa shape index (κ3) is 3.00. The van der Waals surface area contributed by atoms with Crippen LogP contribution in [0.25, 0.3) is 0 Å². The first-order valence-electron chi connectivity index (χ1n) is 9.22. The molecule has 0 amide bonds. The summed E-state index contributed by atoms with van der Waals surface area (Å²) in [6.45, 7) is 0. The number of nitro groups is 1. The number of para-hydroxylation sites is 1. The Hall–Kier alpha value is -3.74. The van der Waals surface area contributed by atoms with Crippen molar-refractivity contribution in [2.24, 2.45) is 5.10 Å². The highest BCUT2D eigenvalue weighted by Crippen LogP contribution is 2.47. The second-order valence-electron chi connectivity index (χ2n) is 7.01. The highest BCUT2D eigenvalue weighted by atomic mass is 19.1. The molecule has 0 saturated heterocycles. The van der Waals surface area contributed by atoms with Crippen molar-refractivity contribution in [3.05, 3.63) is 105 Å². The summed E-state index contributed by atoms with van der Waals surface area (Å²) in [7, 11) is 0. The molecule has 0 aromatic heterocycles. The fourth-order valence-corrected chi connectivity index (χ4v) is 3.86. The maximum Gasteiger partial charge on any atom is 0.269 e. The molecule has 0 N–H and O–H groups in total. The Kier molecular flexibility index (Phi) is 4.01. The van der Waals surface area contributed by atoms with Crippen molar-refractivity contribution in [3.8, 4) is 5.75 Å². The molecule has 0 saturated carbocycles. The first-order chi connectivity index (χ1) is 14.1. The lowest BCUT2D eigenvalue weighted by atomic mass is 9.96. The molecule has 3 aromatic carbocycles. The van der Waals surface area contributed by atoms with Crippen LogP contribution >= 0.6 is 0 Å². The quantitative estimate of drug-likeness (QED) is 0.468. The predicted octanol–water partition coefficient (Wildman–Crippen LogP) is 4.98. The number of hydrogen-bond donors (Lipinski definition) is 0. The Morgan fingerprint density at radius 3 is 2.66 bits per heavy atom. The van der Waals surface area contributed by atoms with E-state index in [1.54, 1.807) is 24.3 Å². The van der Waals surface area contributed by atoms with Crippen LogP contribution in [-0.2, 0) is 0 Å². The molecule has 3 aromatic rings. The zero-order chi connectivity index (χ0) is 20.0. The minimum atomic E-state index is -0.590. The molecule has 2 atom stereocenters. The van der Waals surface area contributed by atoms with Crippen molar-refractivity contribution >= 4 is 11.4 Å². The van der Waals surface area contributed by atoms with Gasteiger partial charge in [0.05, 0.1) is 16.7 Å². The zero-order valence-corrected chi connectivity index (χ0v) is 15.2. The minimum Gasteiger partial charge on any atom is -0.464 e. The summed E-state index contributed by atoms with van der Waals surface area (Å²) in [5.41, 5.74) is 3.34. The van der Waals surface area contributed by atoms with Crippen LogP contribution < -0.4 is 4.74 Å². The number of non-ortho nitro benzene ring substituents is 1. The molecule has 0 unspecified atom stereocenters. The number of nitro benzene ring substituents is 1. The number of benzene rings is 3. The van der Waals surface area contributed by atoms with E-state index in [2.05, 4.69) is 0 Å². The highest BCUT2D eigenvalue weighted by Gasteiger charge is 2.41. The number of ether oxygens (including phenoxy) is 1. The molecule has 144 valence electrons. The average molecular weight is 389 g/mol. The lowest BCUT2D eigenvalue weighted by Crippen LogP contribution is -2.33. The standard InChI is InChI=1S/C22H16FN3O3/c23-16-10-8-14(9-11-16)19-13-20-18-6-1-2-7-21(18)29-22(25(20)24-19)15-4-3-5-17(12-15)26(27)28/h1-12,20,22H,13H2/t20-,22+/m0/s1. The molecular formula is C22H16FN3O3. The summed E-state index contributed by atoms with van der Waals surface area (Å²) in [5.74, 6) is 0.439. The monoisotopic (exact) mass is 389 g/mol. The molecule has 0 bridgehead atoms. The molecule has 29 heavy (non-hydrogen) atoms. The summed E-state index contributed by atoms with van der Waals surface area (Å²) >= 11 is 0. The number of hydrazone groups is 1. The molecule has 5 rings (SSSR count). The predicted molar refractivity (Wildman–Crippen MR) is 105 cm³/mol. The van der Waals surface area contributed by atoms with Gasteiger partial charge in [0, 0.05) is 29.7 Å². The largest absolute Gasteiger partial charge is 0.464 e. The molecule has 7 heteroatoms. The molecular weight excluding hydrogens is 373 g/mol. The van der Waals surface area contributed by atoms with E-state index >= 15 is 0 Å². The Labute approximate surface area is 166 Å². The van der Waals surface area contributed by atoms with Crippen LogP contribution in [0.1, 0.15) is 35.4 Å². The van der Waals surface area contributed by atoms with Gasteiger partial charge in [-0.3, -0.25) is 10.1 Å². The van der Waals surface area contributed by atoms with E-state index in [0.29, 0.717) is 12.0 Å². The van der Waals surface area contributed by atoms with Gasteiger partial charge in [0.15, 0.2) is 0 Å². The second-order valence-corrected chi connectivity index (χ2v) is 7.01. The van der Waals surface area contributed by atoms with Crippen molar-refractivity contribution in [2.75, 3.05) is 0 Å². The van der Waals surface area contributed by atoms with Gasteiger partial charge in [0.25, 0.3) is 5.69 Å². The van der Waals surface area contributed by atoms with E-state index in [1.807, 2.05) is 29.3 Å². The number of fused-ring (bicyclic) bond motifs is 3. The van der Waals surface area contributed by atoms with Crippen LogP contribution in [-0.4, -0.2) is 15.6 Å². The third-order valence-electron chi connectivity index (χ3n) is 5.24. The van der Waals surface area contributed by atoms with E-state index in [1.165, 1.54) is 24.3 Å². The normalized spacial score (nSPS) is 19.8. The topological polar surface area (TPSA) is 68.0 Å². The molecule has 2 aliphatic rings. The second kappa shape index (κ2) is 6.70. The Bertz CT molecular complexity index is 1130. The third-order valence-corrected chi connectivity index (χ3v) is 5.24. The summed E-state index contributed by atoms with van der Waals surface area (Å²) < 4.78 is 19.5. The smallest absolute Gasteiger partial charge is 0.269 e. The first-order valence-corrected chi connectivity index (χ1v) is 9.22. The minimum absolute atomic E-state index is 0.00319. The van der Waals surface area contributed by atoms with Gasteiger partial charge in [-0.2, -0.15) is 5.10 Å². The number of hydrogen-bond acceptors (Lipinski definition) is 5. The van der Waals surface area contributed by atoms with Gasteiger partial charge in [-0.15, -0.1) is 0 Å². The molecule has 2 aliphatic heterocycles. The fraction of sp³-hybridized carbons (Fsp3) is 0.136. The fourth-order valence-electron chi connectivity index (χ4n) is 3.86. The first kappa shape index (κ1) is 17.4. The van der Waals surface area contributed by atoms with Gasteiger partial charge >= 0.3 is 0 Å². The summed E-state index contributed by atoms with van der Waals surface area (Å²) in [4.78, 5) is 10.8. The summed E-state index contributed by atoms with van der Waals surface area (Å²) in [6.07, 6.45) is 0.0463. The maximum absolute atomic E-state index is 13.3. The van der Waals surface area contributed by atoms with Gasteiger partial charge in [-0.05, 0) is 23.8 Å². The van der Waals surface area contributed by atoms with Gasteiger partial charge in [-0.25, -0.2) is 9.40 Å². The van der Waals surface area contributed by atoms with Crippen molar-refractivity contribution in [1.29, 1.82) is 0 Å². The zero-order valence-electron chi connectivity index (χ0n) is 15.2. The van der Waals surface area contributed by atoms with E-state index in [-0.39, 0.29) is 17.5 Å². The van der Waals surface area contributed by atoms with Crippen LogP contribution in [0, 0.1) is 15.9 Å². The molecule has 0 radical (unpaired) electrons. The van der Waals surface area contributed by atoms with Gasteiger partial charge < -0.3 is 4.74 Å². The van der Waals surface area contributed by atoms with Crippen LogP contribution in [0.4, 0.5) is 10.1 Å². The van der Waals surface area contributed by atoms with Crippen LogP contribution in [0.5, 0.6) is 5.75 Å². The van der Waals surface area contributed by atoms with Crippen molar-refractivity contribution in [2.45, 2.75) is 18.7 Å². The van der Waals surface area contributed by atoms with Crippen LogP contribution in [0.2, 0.25) is 0 Å². The summed E-state index contributed by atoms with van der Waals surface area (Å²) in [5, 5.41) is 17.8. The van der Waals surface area contributed by atoms with Gasteiger partial charge in [0.1, 0.15) is 11.6 Å². The summed E-state index contributed by atoms with van der Waals surface area (Å²) in [6, 6.07) is 20.3. The Balaban J connectivity index is 1.59. The SMILES string of the molecule is O=[N+]([O-])c1cccc([C@H]2Oc3ccccc3[C@@H]3CC(c4ccc(F)cc4)=NN23)c1. The van der Waals surface area contributed by atoms with E-state index < -0.39 is 11.2 Å². The van der Waals surface area contributed by atoms with Crippen molar-refractivity contribution in [3.63, 3.8) is 0 Å². The van der Waals surface area contributed by atoms with Crippen LogP contribution in [0.15, 0.2) is 77.9 Å². The number of halogens is 1. The van der Waals surface area contributed by atoms with Crippen molar-refractivity contribution < 1.29 is 14.1 Å². The lowest BCUT2D eigenvalue weighted by Gasteiger charge is -2.38. The Morgan fingerprint density at radius 1 is 1.07 bits per heavy atom. The van der Waals surface area contributed by atoms with Crippen LogP contribution in [0.3, 0.4) is 0 Å². The molecule has 0 fully saturated rings. The Morgan fingerprint density at radius 2 is 1.86 bits per heavy atom. The van der Waals surface area contributed by atoms with Gasteiger partial charge in [-0.1, -0.05) is 42.5 Å². The number of nitrogens with zero attached hydrogens (tertiary/aromatic N) is 3. The molecule has 0 aliphatic carbocycles. The van der Waals surface area contributed by atoms with Crippen molar-refractivity contribution in [1.82, 2.24) is 5.01 Å². The average Bonchev–Trinajstić information content (AvgIpc) is 3.19. The van der Waals surface area contributed by atoms with E-state index in [9.17, 15) is 14.5 Å². The number of rotatable bonds is 3. The van der Waals surface area contributed by atoms with E-state index in [4.69, 9.17) is 9.84 Å². The lowest BCUT2D eigenvalue weighted by molar-refractivity contribution is -0.385. The molecule has 0 spiro atoms. The molecule has 6 nitrogen and oxygen atoms in total. The highest BCUT2D eigenvalue weighted by molar-refractivity contribution is 6.01. The van der Waals surface area contributed by atoms with E-state index in [0.717, 1.165) is 22.6 Å². The molecule has 2 heterocycles. The van der Waals surface area contributed by atoms with Gasteiger partial charge in [0.2, 0.25) is 6.23 Å².